The predicted molar refractivity (Wildman–Crippen MR) is 95.7 cm³/mol. The van der Waals surface area contributed by atoms with Gasteiger partial charge in [0.1, 0.15) is 0 Å². The lowest BCUT2D eigenvalue weighted by Gasteiger charge is -2.06. The minimum atomic E-state index is -3.84. The van der Waals surface area contributed by atoms with Crippen LogP contribution in [0.3, 0.4) is 0 Å². The van der Waals surface area contributed by atoms with Crippen LogP contribution in [0, 0.1) is 10.1 Å². The van der Waals surface area contributed by atoms with Crippen LogP contribution in [-0.2, 0) is 10.0 Å². The molecule has 0 bridgehead atoms. The normalized spacial score (nSPS) is 11.9. The van der Waals surface area contributed by atoms with Gasteiger partial charge in [-0.15, -0.1) is 0 Å². The molecule has 0 aliphatic rings. The number of nitro benzene ring substituents is 1. The number of hydrogen-bond donors (Lipinski definition) is 1. The molecule has 0 fully saturated rings. The van der Waals surface area contributed by atoms with Gasteiger partial charge in [-0.05, 0) is 29.8 Å². The Morgan fingerprint density at radius 1 is 0.960 bits per heavy atom. The van der Waals surface area contributed by atoms with Gasteiger partial charge in [0.25, 0.3) is 5.69 Å². The maximum Gasteiger partial charge on any atom is 0.269 e. The molecule has 0 unspecified atom stereocenters. The molecule has 3 rings (SSSR count). The van der Waals surface area contributed by atoms with E-state index in [0.29, 0.717) is 22.0 Å². The minimum Gasteiger partial charge on any atom is -0.258 e. The third-order valence-electron chi connectivity index (χ3n) is 3.62. The van der Waals surface area contributed by atoms with Crippen LogP contribution in [0.2, 0.25) is 0 Å². The lowest BCUT2D eigenvalue weighted by Crippen LogP contribution is -2.12. The number of benzene rings is 3. The average molecular weight is 355 g/mol. The molecule has 0 heterocycles. The van der Waals surface area contributed by atoms with Gasteiger partial charge in [-0.1, -0.05) is 24.3 Å². The number of non-ortho nitro benzene ring substituents is 1. The summed E-state index contributed by atoms with van der Waals surface area (Å²) in [5.74, 6) is 0. The number of fused-ring (bicyclic) bond motifs is 1. The molecule has 0 aromatic heterocycles. The highest BCUT2D eigenvalue weighted by Gasteiger charge is 2.13. The maximum atomic E-state index is 11.7. The van der Waals surface area contributed by atoms with Crippen molar-refractivity contribution in [3.63, 3.8) is 0 Å². The van der Waals surface area contributed by atoms with Crippen LogP contribution >= 0.6 is 0 Å². The van der Waals surface area contributed by atoms with Crippen molar-refractivity contribution >= 4 is 38.4 Å². The Morgan fingerprint density at radius 3 is 2.24 bits per heavy atom. The van der Waals surface area contributed by atoms with E-state index >= 15 is 0 Å². The predicted octanol–water partition coefficient (Wildman–Crippen LogP) is 3.15. The lowest BCUT2D eigenvalue weighted by molar-refractivity contribution is -0.384. The number of hydrogen-bond acceptors (Lipinski definition) is 5. The van der Waals surface area contributed by atoms with Gasteiger partial charge in [0.2, 0.25) is 10.0 Å². The topological polar surface area (TPSA) is 116 Å². The molecular weight excluding hydrogens is 342 g/mol. The molecule has 0 amide bonds. The van der Waals surface area contributed by atoms with Crippen molar-refractivity contribution in [2.24, 2.45) is 10.1 Å². The van der Waals surface area contributed by atoms with Crippen LogP contribution in [0.25, 0.3) is 10.8 Å². The van der Waals surface area contributed by atoms with Gasteiger partial charge in [-0.2, -0.15) is 0 Å². The van der Waals surface area contributed by atoms with Crippen LogP contribution in [0.1, 0.15) is 5.56 Å². The van der Waals surface area contributed by atoms with E-state index in [1.54, 1.807) is 48.7 Å². The van der Waals surface area contributed by atoms with Crippen LogP contribution in [0.4, 0.5) is 11.4 Å². The minimum absolute atomic E-state index is 0.0000973. The van der Waals surface area contributed by atoms with Gasteiger partial charge in [0.15, 0.2) is 0 Å². The van der Waals surface area contributed by atoms with Crippen LogP contribution in [0.15, 0.2) is 70.6 Å². The molecule has 0 radical (unpaired) electrons. The largest absolute Gasteiger partial charge is 0.269 e. The van der Waals surface area contributed by atoms with Gasteiger partial charge in [-0.25, -0.2) is 13.6 Å². The summed E-state index contributed by atoms with van der Waals surface area (Å²) in [5, 5.41) is 17.1. The molecule has 126 valence electrons. The summed E-state index contributed by atoms with van der Waals surface area (Å²) in [4.78, 5) is 14.6. The SMILES string of the molecule is NS(=O)(=O)c1cccc2c(N=Cc3ccc([N+](=O)[O-])cc3)cccc12. The van der Waals surface area contributed by atoms with Crippen molar-refractivity contribution in [1.82, 2.24) is 0 Å². The van der Waals surface area contributed by atoms with E-state index in [-0.39, 0.29) is 10.6 Å². The molecule has 25 heavy (non-hydrogen) atoms. The quantitative estimate of drug-likeness (QED) is 0.439. The third-order valence-corrected chi connectivity index (χ3v) is 4.59. The standard InChI is InChI=1S/C17H13N3O4S/c18-25(23,24)17-6-2-3-14-15(17)4-1-5-16(14)19-11-12-7-9-13(10-8-12)20(21)22/h1-11H,(H2,18,23,24). The molecule has 8 heteroatoms. The molecule has 0 saturated carbocycles. The van der Waals surface area contributed by atoms with E-state index in [1.807, 2.05) is 0 Å². The second-order valence-electron chi connectivity index (χ2n) is 5.28. The van der Waals surface area contributed by atoms with Crippen LogP contribution in [-0.4, -0.2) is 19.6 Å². The molecule has 0 aliphatic heterocycles. The third kappa shape index (κ3) is 3.54. The number of rotatable bonds is 4. The second kappa shape index (κ2) is 6.42. The van der Waals surface area contributed by atoms with Gasteiger partial charge >= 0.3 is 0 Å². The zero-order chi connectivity index (χ0) is 18.0. The molecule has 0 saturated heterocycles. The van der Waals surface area contributed by atoms with E-state index in [9.17, 15) is 18.5 Å². The fourth-order valence-electron chi connectivity index (χ4n) is 2.45. The van der Waals surface area contributed by atoms with E-state index < -0.39 is 14.9 Å². The van der Waals surface area contributed by atoms with Crippen molar-refractivity contribution < 1.29 is 13.3 Å². The van der Waals surface area contributed by atoms with Gasteiger partial charge in [0.05, 0.1) is 15.5 Å². The maximum absolute atomic E-state index is 11.7. The fourth-order valence-corrected chi connectivity index (χ4v) is 3.20. The Morgan fingerprint density at radius 2 is 1.60 bits per heavy atom. The Balaban J connectivity index is 2.03. The molecular formula is C17H13N3O4S. The molecule has 0 spiro atoms. The summed E-state index contributed by atoms with van der Waals surface area (Å²) >= 11 is 0. The van der Waals surface area contributed by atoms with Crippen molar-refractivity contribution in [2.75, 3.05) is 0 Å². The lowest BCUT2D eigenvalue weighted by atomic mass is 10.1. The first kappa shape index (κ1) is 16.7. The van der Waals surface area contributed by atoms with E-state index in [4.69, 9.17) is 5.14 Å². The first-order valence-corrected chi connectivity index (χ1v) is 8.74. The van der Waals surface area contributed by atoms with E-state index in [2.05, 4.69) is 4.99 Å². The van der Waals surface area contributed by atoms with E-state index in [1.165, 1.54) is 18.2 Å². The number of nitro groups is 1. The highest BCUT2D eigenvalue weighted by atomic mass is 32.2. The number of nitrogens with zero attached hydrogens (tertiary/aromatic N) is 2. The number of primary sulfonamides is 1. The molecule has 0 aliphatic carbocycles. The zero-order valence-electron chi connectivity index (χ0n) is 12.9. The fraction of sp³-hybridized carbons (Fsp3) is 0. The number of sulfonamides is 1. The zero-order valence-corrected chi connectivity index (χ0v) is 13.7. The first-order chi connectivity index (χ1) is 11.9. The van der Waals surface area contributed by atoms with Crippen molar-refractivity contribution in [1.29, 1.82) is 0 Å². The van der Waals surface area contributed by atoms with Crippen molar-refractivity contribution in [2.45, 2.75) is 4.90 Å². The van der Waals surface area contributed by atoms with Crippen LogP contribution in [0.5, 0.6) is 0 Å². The Kier molecular flexibility index (Phi) is 4.30. The summed E-state index contributed by atoms with van der Waals surface area (Å²) in [6.07, 6.45) is 1.56. The van der Waals surface area contributed by atoms with Crippen LogP contribution < -0.4 is 5.14 Å². The smallest absolute Gasteiger partial charge is 0.258 e. The summed E-state index contributed by atoms with van der Waals surface area (Å²) in [6.45, 7) is 0. The summed E-state index contributed by atoms with van der Waals surface area (Å²) in [5.41, 5.74) is 1.26. The molecule has 0 atom stereocenters. The number of aliphatic imine (C=N–C) groups is 1. The second-order valence-corrected chi connectivity index (χ2v) is 6.81. The van der Waals surface area contributed by atoms with E-state index in [0.717, 1.165) is 0 Å². The van der Waals surface area contributed by atoms with Gasteiger partial charge in [0, 0.05) is 29.1 Å². The summed E-state index contributed by atoms with van der Waals surface area (Å²) in [7, 11) is -3.84. The van der Waals surface area contributed by atoms with Crippen molar-refractivity contribution in [3.8, 4) is 0 Å². The van der Waals surface area contributed by atoms with Gasteiger partial charge in [-0.3, -0.25) is 15.1 Å². The molecule has 3 aromatic rings. The number of nitrogens with two attached hydrogens (primary N) is 1. The summed E-state index contributed by atoms with van der Waals surface area (Å²) in [6, 6.07) is 15.9. The monoisotopic (exact) mass is 355 g/mol. The molecule has 3 aromatic carbocycles. The Hall–Kier alpha value is -3.10. The van der Waals surface area contributed by atoms with Crippen molar-refractivity contribution in [3.05, 3.63) is 76.3 Å². The average Bonchev–Trinajstić information content (AvgIpc) is 2.59. The highest BCUT2D eigenvalue weighted by molar-refractivity contribution is 7.89. The molecule has 7 nitrogen and oxygen atoms in total. The Labute approximate surface area is 143 Å². The summed E-state index contributed by atoms with van der Waals surface area (Å²) < 4.78 is 23.4. The highest BCUT2D eigenvalue weighted by Crippen LogP contribution is 2.30. The molecule has 2 N–H and O–H groups in total. The van der Waals surface area contributed by atoms with Gasteiger partial charge < -0.3 is 0 Å². The Bertz CT molecular complexity index is 1090. The first-order valence-electron chi connectivity index (χ1n) is 7.19.